The molecule has 0 radical (unpaired) electrons. The van der Waals surface area contributed by atoms with E-state index in [1.165, 1.54) is 17.8 Å². The highest BCUT2D eigenvalue weighted by atomic mass is 19.4. The Morgan fingerprint density at radius 2 is 1.82 bits per heavy atom. The molecule has 18 heteroatoms. The molecule has 0 aliphatic carbocycles. The van der Waals surface area contributed by atoms with Gasteiger partial charge < -0.3 is 20.5 Å². The highest BCUT2D eigenvalue weighted by molar-refractivity contribution is 6.08. The topological polar surface area (TPSA) is 139 Å². The number of aryl methyl sites for hydroxylation is 1. The molecule has 0 spiro atoms. The lowest BCUT2D eigenvalue weighted by atomic mass is 10.3. The Morgan fingerprint density at radius 3 is 2.42 bits per heavy atom. The Labute approximate surface area is 210 Å². The van der Waals surface area contributed by atoms with Gasteiger partial charge in [-0.25, -0.2) is 14.3 Å². The SMILES string of the molecule is Cn1cc(NC(=O)c2cnn3ccc(NCCN4CCOCC4)nc23)c(C(F)(F)F)n1.O=C(O)C(F)(F)F. The third-order valence-electron chi connectivity index (χ3n) is 5.04. The highest BCUT2D eigenvalue weighted by Crippen LogP contribution is 2.33. The van der Waals surface area contributed by atoms with Gasteiger partial charge in [-0.3, -0.25) is 14.4 Å². The molecule has 12 nitrogen and oxygen atoms in total. The first-order valence-electron chi connectivity index (χ1n) is 10.9. The van der Waals surface area contributed by atoms with Crippen molar-refractivity contribution in [2.75, 3.05) is 50.0 Å². The Kier molecular flexibility index (Phi) is 8.77. The number of alkyl halides is 6. The van der Waals surface area contributed by atoms with Gasteiger partial charge >= 0.3 is 18.3 Å². The third-order valence-corrected chi connectivity index (χ3v) is 5.04. The largest absolute Gasteiger partial charge is 0.490 e. The summed E-state index contributed by atoms with van der Waals surface area (Å²) in [5.41, 5.74) is -1.32. The summed E-state index contributed by atoms with van der Waals surface area (Å²) < 4.78 is 78.8. The Morgan fingerprint density at radius 1 is 1.16 bits per heavy atom. The quantitative estimate of drug-likeness (QED) is 0.393. The number of hydrogen-bond donors (Lipinski definition) is 3. The van der Waals surface area contributed by atoms with E-state index in [9.17, 15) is 31.1 Å². The highest BCUT2D eigenvalue weighted by Gasteiger charge is 2.38. The molecule has 0 bridgehead atoms. The number of anilines is 2. The van der Waals surface area contributed by atoms with E-state index >= 15 is 0 Å². The van der Waals surface area contributed by atoms with Crippen LogP contribution in [0.5, 0.6) is 0 Å². The number of fused-ring (bicyclic) bond motifs is 1. The number of rotatable bonds is 6. The zero-order chi connectivity index (χ0) is 28.1. The van der Waals surface area contributed by atoms with Gasteiger partial charge in [0.05, 0.1) is 25.1 Å². The molecule has 4 rings (SSSR count). The maximum Gasteiger partial charge on any atom is 0.490 e. The molecule has 0 unspecified atom stereocenters. The molecule has 0 saturated carbocycles. The minimum Gasteiger partial charge on any atom is -0.475 e. The van der Waals surface area contributed by atoms with Gasteiger partial charge in [0.25, 0.3) is 5.91 Å². The summed E-state index contributed by atoms with van der Waals surface area (Å²) in [4.78, 5) is 28.2. The number of carbonyl (C=O) groups is 2. The van der Waals surface area contributed by atoms with Crippen molar-refractivity contribution in [1.82, 2.24) is 29.3 Å². The number of aromatic nitrogens is 5. The molecule has 208 valence electrons. The molecule has 1 aliphatic rings. The molecule has 1 aliphatic heterocycles. The minimum absolute atomic E-state index is 0.0498. The predicted octanol–water partition coefficient (Wildman–Crippen LogP) is 2.11. The van der Waals surface area contributed by atoms with Crippen LogP contribution < -0.4 is 10.6 Å². The van der Waals surface area contributed by atoms with Crippen molar-refractivity contribution in [3.63, 3.8) is 0 Å². The second kappa shape index (κ2) is 11.6. The van der Waals surface area contributed by atoms with Crippen molar-refractivity contribution < 1.29 is 45.8 Å². The average molecular weight is 552 g/mol. The number of aliphatic carboxylic acids is 1. The number of nitrogens with zero attached hydrogens (tertiary/aromatic N) is 6. The number of carboxylic acid groups (broad SMARTS) is 1. The smallest absolute Gasteiger partial charge is 0.475 e. The monoisotopic (exact) mass is 552 g/mol. The van der Waals surface area contributed by atoms with E-state index in [2.05, 4.69) is 30.7 Å². The molecule has 4 heterocycles. The second-order valence-electron chi connectivity index (χ2n) is 7.84. The van der Waals surface area contributed by atoms with E-state index in [1.807, 2.05) is 0 Å². The van der Waals surface area contributed by atoms with Crippen molar-refractivity contribution in [2.24, 2.45) is 7.05 Å². The molecule has 1 saturated heterocycles. The van der Waals surface area contributed by atoms with E-state index in [1.54, 1.807) is 12.3 Å². The number of nitrogens with one attached hydrogen (secondary N) is 2. The van der Waals surface area contributed by atoms with Crippen LogP contribution in [0, 0.1) is 0 Å². The van der Waals surface area contributed by atoms with Crippen LogP contribution in [0.3, 0.4) is 0 Å². The molecule has 0 aromatic carbocycles. The Balaban J connectivity index is 0.000000505. The number of carbonyl (C=O) groups excluding carboxylic acids is 1. The van der Waals surface area contributed by atoms with Crippen LogP contribution in [0.1, 0.15) is 16.1 Å². The first kappa shape index (κ1) is 28.6. The molecule has 1 amide bonds. The summed E-state index contributed by atoms with van der Waals surface area (Å²) >= 11 is 0. The zero-order valence-electron chi connectivity index (χ0n) is 19.7. The van der Waals surface area contributed by atoms with Crippen LogP contribution in [0.4, 0.5) is 37.8 Å². The molecular weight excluding hydrogens is 530 g/mol. The van der Waals surface area contributed by atoms with Gasteiger partial charge in [0.15, 0.2) is 11.3 Å². The first-order valence-corrected chi connectivity index (χ1v) is 10.9. The van der Waals surface area contributed by atoms with Gasteiger partial charge in [-0.05, 0) is 6.07 Å². The normalized spacial score (nSPS) is 14.6. The first-order chi connectivity index (χ1) is 17.8. The predicted molar refractivity (Wildman–Crippen MR) is 119 cm³/mol. The van der Waals surface area contributed by atoms with Crippen LogP contribution in [0.15, 0.2) is 24.7 Å². The zero-order valence-corrected chi connectivity index (χ0v) is 19.7. The fourth-order valence-electron chi connectivity index (χ4n) is 3.27. The van der Waals surface area contributed by atoms with E-state index < -0.39 is 35.6 Å². The molecule has 0 atom stereocenters. The van der Waals surface area contributed by atoms with Crippen molar-refractivity contribution in [1.29, 1.82) is 0 Å². The Bertz CT molecular complexity index is 1270. The number of halogens is 6. The lowest BCUT2D eigenvalue weighted by Gasteiger charge is -2.26. The number of hydrogen-bond acceptors (Lipinski definition) is 8. The molecule has 3 N–H and O–H groups in total. The van der Waals surface area contributed by atoms with Crippen molar-refractivity contribution in [3.8, 4) is 0 Å². The van der Waals surface area contributed by atoms with Crippen molar-refractivity contribution >= 4 is 29.0 Å². The number of ether oxygens (including phenoxy) is 1. The molecule has 1 fully saturated rings. The van der Waals surface area contributed by atoms with Crippen LogP contribution >= 0.6 is 0 Å². The van der Waals surface area contributed by atoms with Crippen LogP contribution in [-0.2, 0) is 22.8 Å². The van der Waals surface area contributed by atoms with Gasteiger partial charge in [-0.15, -0.1) is 0 Å². The van der Waals surface area contributed by atoms with Gasteiger partial charge in [-0.2, -0.15) is 36.5 Å². The number of morpholine rings is 1. The van der Waals surface area contributed by atoms with E-state index in [4.69, 9.17) is 14.6 Å². The number of carboxylic acids is 1. The number of amides is 1. The maximum atomic E-state index is 13.1. The van der Waals surface area contributed by atoms with Crippen LogP contribution in [0.2, 0.25) is 0 Å². The minimum atomic E-state index is -5.08. The second-order valence-corrected chi connectivity index (χ2v) is 7.84. The standard InChI is InChI=1S/C18H21F3N8O2.C2HF3O2/c1-27-11-13(15(26-27)18(19,20)21)24-17(30)12-10-23-29-4-2-14(25-16(12)29)22-3-5-28-6-8-31-9-7-28;3-2(4,5)1(6)7/h2,4,10-11H,3,5-9H2,1H3,(H,22,25)(H,24,30);(H,6,7). The Hall–Kier alpha value is -3.93. The summed E-state index contributed by atoms with van der Waals surface area (Å²) in [5, 5.41) is 20.0. The van der Waals surface area contributed by atoms with Gasteiger partial charge in [-0.1, -0.05) is 0 Å². The summed E-state index contributed by atoms with van der Waals surface area (Å²) in [6.45, 7) is 4.62. The summed E-state index contributed by atoms with van der Waals surface area (Å²) in [6, 6.07) is 1.71. The van der Waals surface area contributed by atoms with Gasteiger partial charge in [0.2, 0.25) is 0 Å². The van der Waals surface area contributed by atoms with Crippen molar-refractivity contribution in [2.45, 2.75) is 12.4 Å². The maximum absolute atomic E-state index is 13.1. The molecule has 38 heavy (non-hydrogen) atoms. The van der Waals surface area contributed by atoms with Crippen LogP contribution in [-0.4, -0.2) is 91.8 Å². The van der Waals surface area contributed by atoms with E-state index in [0.29, 0.717) is 25.6 Å². The molecular formula is C20H22F6N8O4. The summed E-state index contributed by atoms with van der Waals surface area (Å²) in [6.07, 6.45) is -5.79. The van der Waals surface area contributed by atoms with Gasteiger partial charge in [0.1, 0.15) is 11.4 Å². The van der Waals surface area contributed by atoms with E-state index in [0.717, 1.165) is 30.5 Å². The summed E-state index contributed by atoms with van der Waals surface area (Å²) in [7, 11) is 1.34. The lowest BCUT2D eigenvalue weighted by molar-refractivity contribution is -0.192. The van der Waals surface area contributed by atoms with Crippen molar-refractivity contribution in [3.05, 3.63) is 35.9 Å². The van der Waals surface area contributed by atoms with Gasteiger partial charge in [0, 0.05) is 45.6 Å². The molecule has 3 aromatic heterocycles. The average Bonchev–Trinajstić information content (AvgIpc) is 3.42. The fourth-order valence-corrected chi connectivity index (χ4v) is 3.27. The van der Waals surface area contributed by atoms with E-state index in [-0.39, 0.29) is 11.2 Å². The lowest BCUT2D eigenvalue weighted by Crippen LogP contribution is -2.39. The van der Waals surface area contributed by atoms with Crippen LogP contribution in [0.25, 0.3) is 5.65 Å². The third kappa shape index (κ3) is 7.54. The fraction of sp³-hybridized carbons (Fsp3) is 0.450. The summed E-state index contributed by atoms with van der Waals surface area (Å²) in [5.74, 6) is -2.98. The molecule has 3 aromatic rings.